The van der Waals surface area contributed by atoms with Gasteiger partial charge in [0.15, 0.2) is 11.3 Å². The molecule has 0 fully saturated rings. The van der Waals surface area contributed by atoms with E-state index in [0.717, 1.165) is 46.0 Å². The number of nitrogens with zero attached hydrogens (tertiary/aromatic N) is 4. The Balaban J connectivity index is 1.70. The van der Waals surface area contributed by atoms with Crippen molar-refractivity contribution >= 4 is 26.7 Å². The lowest BCUT2D eigenvalue weighted by Gasteiger charge is -2.18. The molecule has 2 aromatic heterocycles. The second-order valence-corrected chi connectivity index (χ2v) is 6.85. The minimum Gasteiger partial charge on any atom is -0.361 e. The Labute approximate surface area is 145 Å². The number of hydrogen-bond acceptors (Lipinski definition) is 6. The number of thiazole rings is 1. The van der Waals surface area contributed by atoms with Gasteiger partial charge in [0.25, 0.3) is 0 Å². The van der Waals surface area contributed by atoms with Crippen molar-refractivity contribution in [3.63, 3.8) is 0 Å². The van der Waals surface area contributed by atoms with Crippen LogP contribution in [0, 0.1) is 17.4 Å². The summed E-state index contributed by atoms with van der Waals surface area (Å²) in [5.74, 6) is 0.420. The lowest BCUT2D eigenvalue weighted by atomic mass is 10.1. The van der Waals surface area contributed by atoms with E-state index in [2.05, 4.69) is 45.7 Å². The van der Waals surface area contributed by atoms with E-state index >= 15 is 0 Å². The zero-order valence-electron chi connectivity index (χ0n) is 13.8. The zero-order chi connectivity index (χ0) is 16.9. The summed E-state index contributed by atoms with van der Waals surface area (Å²) in [6.07, 6.45) is 6.88. The monoisotopic (exact) mass is 340 g/mol. The van der Waals surface area contributed by atoms with Crippen molar-refractivity contribution in [2.45, 2.75) is 13.3 Å². The van der Waals surface area contributed by atoms with Crippen molar-refractivity contribution in [2.24, 2.45) is 5.92 Å². The van der Waals surface area contributed by atoms with Gasteiger partial charge < -0.3 is 10.2 Å². The molecule has 0 aliphatic carbocycles. The average Bonchev–Trinajstić information content (AvgIpc) is 3.26. The molecule has 7 heteroatoms. The molecule has 1 aromatic carbocycles. The lowest BCUT2D eigenvalue weighted by Crippen LogP contribution is -2.26. The van der Waals surface area contributed by atoms with Crippen LogP contribution in [0.25, 0.3) is 21.3 Å². The van der Waals surface area contributed by atoms with Gasteiger partial charge in [-0.15, -0.1) is 0 Å². The van der Waals surface area contributed by atoms with Gasteiger partial charge in [0.2, 0.25) is 0 Å². The number of aromatic nitrogens is 3. The molecule has 6 nitrogen and oxygen atoms in total. The van der Waals surface area contributed by atoms with E-state index in [1.54, 1.807) is 16.2 Å². The number of benzene rings is 1. The van der Waals surface area contributed by atoms with E-state index in [4.69, 9.17) is 5.26 Å². The van der Waals surface area contributed by atoms with Crippen LogP contribution in [0.3, 0.4) is 0 Å². The topological polar surface area (TPSA) is 80.6 Å². The number of nitriles is 1. The highest BCUT2D eigenvalue weighted by atomic mass is 32.1. The van der Waals surface area contributed by atoms with Gasteiger partial charge in [-0.2, -0.15) is 10.4 Å². The average molecular weight is 340 g/mol. The molecule has 0 spiro atoms. The van der Waals surface area contributed by atoms with Crippen molar-refractivity contribution in [1.82, 2.24) is 20.1 Å². The van der Waals surface area contributed by atoms with Crippen molar-refractivity contribution in [2.75, 3.05) is 25.5 Å². The first-order chi connectivity index (χ1) is 11.7. The van der Waals surface area contributed by atoms with Crippen LogP contribution in [-0.4, -0.2) is 40.2 Å². The summed E-state index contributed by atoms with van der Waals surface area (Å²) >= 11 is 1.65. The van der Waals surface area contributed by atoms with Crippen molar-refractivity contribution in [1.29, 1.82) is 5.26 Å². The normalized spacial score (nSPS) is 12.0. The number of aromatic amines is 1. The van der Waals surface area contributed by atoms with E-state index in [9.17, 15) is 0 Å². The quantitative estimate of drug-likeness (QED) is 0.508. The first-order valence-electron chi connectivity index (χ1n) is 7.94. The fraction of sp³-hybridized carbons (Fsp3) is 0.353. The standard InChI is InChI=1S/C17H20N6S/c1-3-12(10-23(2)11-18)7-19-17-22-15-5-4-13(6-16(15)24-17)14-8-20-21-9-14/h4-6,8-9,12H,3,7,10H2,1-2H3,(H,19,22)(H,20,21). The summed E-state index contributed by atoms with van der Waals surface area (Å²) in [4.78, 5) is 6.32. The minimum absolute atomic E-state index is 0.420. The smallest absolute Gasteiger partial charge is 0.183 e. The molecule has 2 N–H and O–H groups in total. The Morgan fingerprint density at radius 3 is 3.00 bits per heavy atom. The second kappa shape index (κ2) is 7.32. The fourth-order valence-corrected chi connectivity index (χ4v) is 3.50. The maximum absolute atomic E-state index is 8.90. The third-order valence-corrected chi connectivity index (χ3v) is 5.02. The molecule has 124 valence electrons. The second-order valence-electron chi connectivity index (χ2n) is 5.82. The van der Waals surface area contributed by atoms with Crippen LogP contribution < -0.4 is 5.32 Å². The lowest BCUT2D eigenvalue weighted by molar-refractivity contribution is 0.368. The molecule has 0 amide bonds. The van der Waals surface area contributed by atoms with Crippen LogP contribution in [-0.2, 0) is 0 Å². The van der Waals surface area contributed by atoms with Crippen LogP contribution in [0.1, 0.15) is 13.3 Å². The first kappa shape index (κ1) is 16.3. The van der Waals surface area contributed by atoms with Gasteiger partial charge in [-0.1, -0.05) is 24.3 Å². The number of nitrogens with one attached hydrogen (secondary N) is 2. The van der Waals surface area contributed by atoms with Gasteiger partial charge in [-0.05, 0) is 30.0 Å². The first-order valence-corrected chi connectivity index (χ1v) is 8.75. The molecule has 24 heavy (non-hydrogen) atoms. The molecule has 0 saturated carbocycles. The van der Waals surface area contributed by atoms with Gasteiger partial charge in [-0.25, -0.2) is 4.98 Å². The number of rotatable bonds is 7. The molecule has 0 bridgehead atoms. The van der Waals surface area contributed by atoms with E-state index in [0.29, 0.717) is 5.92 Å². The molecular weight excluding hydrogens is 320 g/mol. The van der Waals surface area contributed by atoms with Crippen LogP contribution in [0.15, 0.2) is 30.6 Å². The predicted octanol–water partition coefficient (Wildman–Crippen LogP) is 3.54. The maximum Gasteiger partial charge on any atom is 0.183 e. The predicted molar refractivity (Wildman–Crippen MR) is 97.7 cm³/mol. The highest BCUT2D eigenvalue weighted by molar-refractivity contribution is 7.22. The summed E-state index contributed by atoms with van der Waals surface area (Å²) in [5.41, 5.74) is 3.20. The number of anilines is 1. The van der Waals surface area contributed by atoms with Crippen molar-refractivity contribution in [3.8, 4) is 17.3 Å². The largest absolute Gasteiger partial charge is 0.361 e. The van der Waals surface area contributed by atoms with E-state index < -0.39 is 0 Å². The van der Waals surface area contributed by atoms with Crippen LogP contribution >= 0.6 is 11.3 Å². The van der Waals surface area contributed by atoms with Crippen LogP contribution in [0.5, 0.6) is 0 Å². The molecule has 1 unspecified atom stereocenters. The molecule has 0 aliphatic rings. The summed E-state index contributed by atoms with van der Waals surface area (Å²) in [6.45, 7) is 3.72. The third kappa shape index (κ3) is 3.66. The molecular formula is C17H20N6S. The summed E-state index contributed by atoms with van der Waals surface area (Å²) in [5, 5.41) is 20.1. The number of hydrogen-bond donors (Lipinski definition) is 2. The molecule has 1 atom stereocenters. The SMILES string of the molecule is CCC(CNc1nc2ccc(-c3cn[nH]c3)cc2s1)CN(C)C#N. The highest BCUT2D eigenvalue weighted by Gasteiger charge is 2.11. The van der Waals surface area contributed by atoms with Crippen LogP contribution in [0.2, 0.25) is 0 Å². The zero-order valence-corrected chi connectivity index (χ0v) is 14.6. The molecule has 2 heterocycles. The molecule has 0 aliphatic heterocycles. The van der Waals surface area contributed by atoms with Gasteiger partial charge in [0.1, 0.15) is 0 Å². The Hall–Kier alpha value is -2.59. The van der Waals surface area contributed by atoms with E-state index in [-0.39, 0.29) is 0 Å². The molecule has 3 rings (SSSR count). The van der Waals surface area contributed by atoms with Gasteiger partial charge >= 0.3 is 0 Å². The van der Waals surface area contributed by atoms with Gasteiger partial charge in [-0.3, -0.25) is 5.10 Å². The molecule has 0 radical (unpaired) electrons. The molecule has 0 saturated heterocycles. The Kier molecular flexibility index (Phi) is 4.96. The van der Waals surface area contributed by atoms with Gasteiger partial charge in [0, 0.05) is 31.9 Å². The van der Waals surface area contributed by atoms with Crippen molar-refractivity contribution in [3.05, 3.63) is 30.6 Å². The Morgan fingerprint density at radius 2 is 2.29 bits per heavy atom. The van der Waals surface area contributed by atoms with Crippen molar-refractivity contribution < 1.29 is 0 Å². The van der Waals surface area contributed by atoms with Gasteiger partial charge in [0.05, 0.1) is 16.4 Å². The maximum atomic E-state index is 8.90. The Bertz CT molecular complexity index is 833. The van der Waals surface area contributed by atoms with E-state index in [1.807, 2.05) is 25.5 Å². The third-order valence-electron chi connectivity index (χ3n) is 4.04. The van der Waals surface area contributed by atoms with Crippen LogP contribution in [0.4, 0.5) is 5.13 Å². The minimum atomic E-state index is 0.420. The number of H-pyrrole nitrogens is 1. The summed E-state index contributed by atoms with van der Waals surface area (Å²) in [6, 6.07) is 6.25. The number of fused-ring (bicyclic) bond motifs is 1. The van der Waals surface area contributed by atoms with E-state index in [1.165, 1.54) is 0 Å². The summed E-state index contributed by atoms with van der Waals surface area (Å²) < 4.78 is 1.15. The molecule has 3 aromatic rings. The summed E-state index contributed by atoms with van der Waals surface area (Å²) in [7, 11) is 1.82. The Morgan fingerprint density at radius 1 is 1.42 bits per heavy atom. The fourth-order valence-electron chi connectivity index (χ4n) is 2.59. The highest BCUT2D eigenvalue weighted by Crippen LogP contribution is 2.30.